The fourth-order valence-corrected chi connectivity index (χ4v) is 3.98. The number of aryl methyl sites for hydroxylation is 1. The lowest BCUT2D eigenvalue weighted by molar-refractivity contribution is -0.137. The van der Waals surface area contributed by atoms with Crippen LogP contribution >= 0.6 is 0 Å². The molecule has 0 saturated carbocycles. The minimum absolute atomic E-state index is 0.0857. The first-order valence-electron chi connectivity index (χ1n) is 10.9. The summed E-state index contributed by atoms with van der Waals surface area (Å²) in [6.07, 6.45) is -4.45. The maximum atomic E-state index is 13.0. The number of hydrogen-bond acceptors (Lipinski definition) is 6. The molecule has 7 nitrogen and oxygen atoms in total. The van der Waals surface area contributed by atoms with Gasteiger partial charge in [0.2, 0.25) is 11.7 Å². The number of aromatic nitrogens is 2. The van der Waals surface area contributed by atoms with Gasteiger partial charge < -0.3 is 14.2 Å². The van der Waals surface area contributed by atoms with Gasteiger partial charge in [0.05, 0.1) is 24.3 Å². The highest BCUT2D eigenvalue weighted by atomic mass is 19.4. The van der Waals surface area contributed by atoms with Gasteiger partial charge in [0.1, 0.15) is 5.75 Å². The van der Waals surface area contributed by atoms with Crippen molar-refractivity contribution in [1.29, 1.82) is 0 Å². The normalized spacial score (nSPS) is 15.9. The summed E-state index contributed by atoms with van der Waals surface area (Å²) >= 11 is 0. The summed E-state index contributed by atoms with van der Waals surface area (Å²) in [4.78, 5) is 21.2. The van der Waals surface area contributed by atoms with Crippen LogP contribution in [0.5, 0.6) is 5.75 Å². The molecule has 0 spiro atoms. The molecular weight excluding hydrogens is 449 g/mol. The molecule has 34 heavy (non-hydrogen) atoms. The van der Waals surface area contributed by atoms with Crippen molar-refractivity contribution in [3.05, 3.63) is 65.0 Å². The second-order valence-electron chi connectivity index (χ2n) is 8.24. The number of ether oxygens (including phenoxy) is 1. The Balaban J connectivity index is 1.42. The smallest absolute Gasteiger partial charge is 0.416 e. The number of halogens is 3. The minimum atomic E-state index is -4.45. The van der Waals surface area contributed by atoms with Crippen LogP contribution in [-0.4, -0.2) is 59.1 Å². The molecule has 3 aromatic rings. The van der Waals surface area contributed by atoms with Gasteiger partial charge in [-0.05, 0) is 38.1 Å². The number of alkyl halides is 3. The van der Waals surface area contributed by atoms with E-state index in [2.05, 4.69) is 15.0 Å². The van der Waals surface area contributed by atoms with Crippen molar-refractivity contribution in [2.75, 3.05) is 33.3 Å². The number of piperazine rings is 1. The lowest BCUT2D eigenvalue weighted by Crippen LogP contribution is -2.49. The summed E-state index contributed by atoms with van der Waals surface area (Å²) in [5.41, 5.74) is 0.978. The molecule has 2 heterocycles. The molecule has 0 bridgehead atoms. The van der Waals surface area contributed by atoms with Crippen LogP contribution in [0.3, 0.4) is 0 Å². The Bertz CT molecular complexity index is 1170. The van der Waals surface area contributed by atoms with Crippen LogP contribution in [0.15, 0.2) is 47.0 Å². The number of amides is 1. The molecule has 180 valence electrons. The topological polar surface area (TPSA) is 71.7 Å². The van der Waals surface area contributed by atoms with Crippen molar-refractivity contribution in [3.63, 3.8) is 0 Å². The quantitative estimate of drug-likeness (QED) is 0.539. The van der Waals surface area contributed by atoms with E-state index in [1.807, 2.05) is 26.0 Å². The zero-order valence-electron chi connectivity index (χ0n) is 19.1. The highest BCUT2D eigenvalue weighted by Gasteiger charge is 2.32. The van der Waals surface area contributed by atoms with E-state index < -0.39 is 11.7 Å². The minimum Gasteiger partial charge on any atom is -0.496 e. The number of benzene rings is 2. The van der Waals surface area contributed by atoms with Crippen LogP contribution in [0, 0.1) is 6.92 Å². The first-order chi connectivity index (χ1) is 16.2. The van der Waals surface area contributed by atoms with Crippen molar-refractivity contribution in [3.8, 4) is 17.1 Å². The summed E-state index contributed by atoms with van der Waals surface area (Å²) in [6, 6.07) is 10.1. The predicted molar refractivity (Wildman–Crippen MR) is 118 cm³/mol. The second kappa shape index (κ2) is 9.46. The Morgan fingerprint density at radius 2 is 1.85 bits per heavy atom. The highest BCUT2D eigenvalue weighted by molar-refractivity contribution is 5.97. The molecule has 1 amide bonds. The van der Waals surface area contributed by atoms with Crippen molar-refractivity contribution < 1.29 is 27.2 Å². The van der Waals surface area contributed by atoms with E-state index in [1.54, 1.807) is 18.1 Å². The molecule has 0 N–H and O–H groups in total. The van der Waals surface area contributed by atoms with Crippen LogP contribution in [0.2, 0.25) is 0 Å². The zero-order chi connectivity index (χ0) is 24.5. The Morgan fingerprint density at radius 3 is 2.53 bits per heavy atom. The predicted octanol–water partition coefficient (Wildman–Crippen LogP) is 4.59. The molecule has 1 fully saturated rings. The van der Waals surface area contributed by atoms with Gasteiger partial charge in [-0.15, -0.1) is 0 Å². The average Bonchev–Trinajstić information content (AvgIpc) is 3.33. The summed E-state index contributed by atoms with van der Waals surface area (Å²) in [5, 5.41) is 3.88. The first kappa shape index (κ1) is 23.7. The lowest BCUT2D eigenvalue weighted by atomic mass is 10.1. The standard InChI is InChI=1S/C24H25F3N4O3/c1-15-7-8-20(33-3)19(13-15)23(32)31-11-9-30(10-12-31)16(2)22-28-21(29-34-22)17-5-4-6-18(14-17)24(25,26)27/h4-8,13-14,16H,9-12H2,1-3H3. The molecule has 0 radical (unpaired) electrons. The van der Waals surface area contributed by atoms with Crippen molar-refractivity contribution in [1.82, 2.24) is 19.9 Å². The summed E-state index contributed by atoms with van der Waals surface area (Å²) < 4.78 is 49.8. The van der Waals surface area contributed by atoms with E-state index in [1.165, 1.54) is 12.1 Å². The first-order valence-corrected chi connectivity index (χ1v) is 10.9. The molecule has 4 rings (SSSR count). The number of methoxy groups -OCH3 is 1. The summed E-state index contributed by atoms with van der Waals surface area (Å²) in [7, 11) is 1.54. The Hall–Kier alpha value is -3.40. The van der Waals surface area contributed by atoms with Crippen LogP contribution in [0.25, 0.3) is 11.4 Å². The van der Waals surface area contributed by atoms with Gasteiger partial charge in [0.15, 0.2) is 0 Å². The molecule has 1 saturated heterocycles. The molecule has 0 aliphatic carbocycles. The molecule has 1 aliphatic heterocycles. The van der Waals surface area contributed by atoms with Crippen molar-refractivity contribution in [2.45, 2.75) is 26.1 Å². The third-order valence-electron chi connectivity index (χ3n) is 5.98. The molecular formula is C24H25F3N4O3. The van der Waals surface area contributed by atoms with Gasteiger partial charge >= 0.3 is 6.18 Å². The molecule has 1 atom stereocenters. The van der Waals surface area contributed by atoms with Crippen LogP contribution in [0.1, 0.15) is 40.3 Å². The number of rotatable bonds is 5. The van der Waals surface area contributed by atoms with E-state index in [4.69, 9.17) is 9.26 Å². The van der Waals surface area contributed by atoms with E-state index >= 15 is 0 Å². The van der Waals surface area contributed by atoms with Crippen LogP contribution in [-0.2, 0) is 6.18 Å². The largest absolute Gasteiger partial charge is 0.496 e. The fraction of sp³-hybridized carbons (Fsp3) is 0.375. The van der Waals surface area contributed by atoms with Crippen molar-refractivity contribution >= 4 is 5.91 Å². The van der Waals surface area contributed by atoms with E-state index in [9.17, 15) is 18.0 Å². The van der Waals surface area contributed by atoms with Crippen LogP contribution < -0.4 is 4.74 Å². The van der Waals surface area contributed by atoms with Gasteiger partial charge in [-0.25, -0.2) is 0 Å². The summed E-state index contributed by atoms with van der Waals surface area (Å²) in [5.74, 6) is 0.873. The van der Waals surface area contributed by atoms with Gasteiger partial charge in [-0.3, -0.25) is 9.69 Å². The third kappa shape index (κ3) is 4.91. The average molecular weight is 474 g/mol. The van der Waals surface area contributed by atoms with E-state index in [-0.39, 0.29) is 23.3 Å². The maximum Gasteiger partial charge on any atom is 0.416 e. The SMILES string of the molecule is COc1ccc(C)cc1C(=O)N1CCN(C(C)c2nc(-c3cccc(C(F)(F)F)c3)no2)CC1. The van der Waals surface area contributed by atoms with E-state index in [0.717, 1.165) is 17.7 Å². The molecule has 2 aromatic carbocycles. The number of carbonyl (C=O) groups is 1. The lowest BCUT2D eigenvalue weighted by Gasteiger charge is -2.37. The van der Waals surface area contributed by atoms with E-state index in [0.29, 0.717) is 43.4 Å². The zero-order valence-corrected chi connectivity index (χ0v) is 19.1. The number of nitrogens with zero attached hydrogens (tertiary/aromatic N) is 4. The van der Waals surface area contributed by atoms with Gasteiger partial charge in [0.25, 0.3) is 5.91 Å². The molecule has 1 aromatic heterocycles. The van der Waals surface area contributed by atoms with Crippen LogP contribution in [0.4, 0.5) is 13.2 Å². The monoisotopic (exact) mass is 474 g/mol. The van der Waals surface area contributed by atoms with Gasteiger partial charge in [-0.2, -0.15) is 18.2 Å². The fourth-order valence-electron chi connectivity index (χ4n) is 3.98. The maximum absolute atomic E-state index is 13.0. The second-order valence-corrected chi connectivity index (χ2v) is 8.24. The van der Waals surface area contributed by atoms with Gasteiger partial charge in [0, 0.05) is 31.7 Å². The molecule has 1 unspecified atom stereocenters. The number of hydrogen-bond donors (Lipinski definition) is 0. The Labute approximate surface area is 195 Å². The molecule has 1 aliphatic rings. The highest BCUT2D eigenvalue weighted by Crippen LogP contribution is 2.32. The Kier molecular flexibility index (Phi) is 6.60. The number of carbonyl (C=O) groups excluding carboxylic acids is 1. The van der Waals surface area contributed by atoms with Gasteiger partial charge in [-0.1, -0.05) is 28.9 Å². The molecule has 10 heteroatoms. The third-order valence-corrected chi connectivity index (χ3v) is 5.98. The Morgan fingerprint density at radius 1 is 1.12 bits per heavy atom. The van der Waals surface area contributed by atoms with Crippen molar-refractivity contribution in [2.24, 2.45) is 0 Å². The summed E-state index contributed by atoms with van der Waals surface area (Å²) in [6.45, 7) is 6.01.